The van der Waals surface area contributed by atoms with Gasteiger partial charge in [-0.3, -0.25) is 0 Å². The summed E-state index contributed by atoms with van der Waals surface area (Å²) in [7, 11) is 1.87. The van der Waals surface area contributed by atoms with Gasteiger partial charge in [-0.15, -0.1) is 0 Å². The zero-order valence-electron chi connectivity index (χ0n) is 9.63. The third-order valence-electron chi connectivity index (χ3n) is 2.68. The highest BCUT2D eigenvalue weighted by Crippen LogP contribution is 2.28. The molecule has 0 amide bonds. The van der Waals surface area contributed by atoms with Crippen molar-refractivity contribution in [1.29, 1.82) is 0 Å². The second kappa shape index (κ2) is 3.89. The van der Waals surface area contributed by atoms with Gasteiger partial charge in [-0.05, 0) is 30.7 Å². The number of hydrogen-bond donors (Lipinski definition) is 1. The van der Waals surface area contributed by atoms with Crippen molar-refractivity contribution in [3.05, 3.63) is 48.7 Å². The van der Waals surface area contributed by atoms with Gasteiger partial charge in [-0.2, -0.15) is 0 Å². The Hall–Kier alpha value is -1.96. The maximum Gasteiger partial charge on any atom is 0.134 e. The van der Waals surface area contributed by atoms with Crippen LogP contribution in [0.25, 0.3) is 22.2 Å². The van der Waals surface area contributed by atoms with Gasteiger partial charge in [0.05, 0.1) is 6.26 Å². The number of hydrogen-bond acceptors (Lipinski definition) is 2. The molecular weight excluding hydrogens is 198 g/mol. The van der Waals surface area contributed by atoms with E-state index in [1.54, 1.807) is 6.26 Å². The van der Waals surface area contributed by atoms with Gasteiger partial charge in [0.2, 0.25) is 0 Å². The standard InChI is InChI=1S/C14H15NO/c1-9(2)12-8-14-11(5-6-16-14)7-13(12)10(3)15-4/h5-8,15H,1,3H2,2,4H3. The molecule has 0 radical (unpaired) electrons. The van der Waals surface area contributed by atoms with Crippen molar-refractivity contribution >= 4 is 22.2 Å². The van der Waals surface area contributed by atoms with Gasteiger partial charge in [0, 0.05) is 23.7 Å². The summed E-state index contributed by atoms with van der Waals surface area (Å²) in [6.07, 6.45) is 1.69. The smallest absolute Gasteiger partial charge is 0.134 e. The van der Waals surface area contributed by atoms with Gasteiger partial charge >= 0.3 is 0 Å². The second-order valence-corrected chi connectivity index (χ2v) is 3.87. The molecule has 82 valence electrons. The average molecular weight is 213 g/mol. The molecule has 0 unspecified atom stereocenters. The van der Waals surface area contributed by atoms with Crippen LogP contribution >= 0.6 is 0 Å². The first-order valence-electron chi connectivity index (χ1n) is 5.17. The lowest BCUT2D eigenvalue weighted by Crippen LogP contribution is -2.05. The van der Waals surface area contributed by atoms with Crippen LogP contribution in [0.5, 0.6) is 0 Å². The van der Waals surface area contributed by atoms with Crippen LogP contribution in [0.3, 0.4) is 0 Å². The van der Waals surface area contributed by atoms with E-state index >= 15 is 0 Å². The Balaban J connectivity index is 2.72. The third-order valence-corrected chi connectivity index (χ3v) is 2.68. The summed E-state index contributed by atoms with van der Waals surface area (Å²) in [5.74, 6) is 0. The Kier molecular flexibility index (Phi) is 2.57. The average Bonchev–Trinajstić information content (AvgIpc) is 2.73. The maximum absolute atomic E-state index is 5.39. The molecule has 0 aliphatic rings. The minimum absolute atomic E-state index is 0.880. The highest BCUT2D eigenvalue weighted by molar-refractivity contribution is 5.88. The van der Waals surface area contributed by atoms with Crippen molar-refractivity contribution < 1.29 is 4.42 Å². The first kappa shape index (κ1) is 10.6. The largest absolute Gasteiger partial charge is 0.464 e. The molecule has 0 aliphatic carbocycles. The van der Waals surface area contributed by atoms with Gasteiger partial charge in [-0.25, -0.2) is 0 Å². The van der Waals surface area contributed by atoms with Crippen LogP contribution in [0.1, 0.15) is 18.1 Å². The molecular formula is C14H15NO. The van der Waals surface area contributed by atoms with Gasteiger partial charge in [0.1, 0.15) is 5.58 Å². The van der Waals surface area contributed by atoms with E-state index in [-0.39, 0.29) is 0 Å². The molecule has 0 bridgehead atoms. The van der Waals surface area contributed by atoms with E-state index < -0.39 is 0 Å². The minimum Gasteiger partial charge on any atom is -0.464 e. The number of allylic oxidation sites excluding steroid dienone is 1. The van der Waals surface area contributed by atoms with Crippen LogP contribution in [0, 0.1) is 0 Å². The first-order valence-corrected chi connectivity index (χ1v) is 5.17. The van der Waals surface area contributed by atoms with Crippen molar-refractivity contribution in [1.82, 2.24) is 5.32 Å². The van der Waals surface area contributed by atoms with Crippen molar-refractivity contribution in [2.75, 3.05) is 7.05 Å². The van der Waals surface area contributed by atoms with Crippen LogP contribution in [0.2, 0.25) is 0 Å². The quantitative estimate of drug-likeness (QED) is 0.841. The van der Waals surface area contributed by atoms with Crippen molar-refractivity contribution in [3.63, 3.8) is 0 Å². The number of benzene rings is 1. The van der Waals surface area contributed by atoms with E-state index in [0.29, 0.717) is 0 Å². The lowest BCUT2D eigenvalue weighted by molar-refractivity contribution is 0.615. The summed E-state index contributed by atoms with van der Waals surface area (Å²) in [5, 5.41) is 4.15. The predicted molar refractivity (Wildman–Crippen MR) is 69.0 cm³/mol. The van der Waals surface area contributed by atoms with Crippen molar-refractivity contribution in [2.24, 2.45) is 0 Å². The Labute approximate surface area is 95.3 Å². The predicted octanol–water partition coefficient (Wildman–Crippen LogP) is 3.66. The Morgan fingerprint density at radius 2 is 2.00 bits per heavy atom. The summed E-state index contributed by atoms with van der Waals surface area (Å²) >= 11 is 0. The van der Waals surface area contributed by atoms with Crippen molar-refractivity contribution in [2.45, 2.75) is 6.92 Å². The Morgan fingerprint density at radius 3 is 2.62 bits per heavy atom. The molecule has 0 atom stereocenters. The van der Waals surface area contributed by atoms with Gasteiger partial charge in [-0.1, -0.05) is 18.7 Å². The fraction of sp³-hybridized carbons (Fsp3) is 0.143. The second-order valence-electron chi connectivity index (χ2n) is 3.87. The molecule has 2 aromatic rings. The summed E-state index contributed by atoms with van der Waals surface area (Å²) < 4.78 is 5.39. The Bertz CT molecular complexity index is 563. The monoisotopic (exact) mass is 213 g/mol. The Morgan fingerprint density at radius 1 is 1.25 bits per heavy atom. The molecule has 1 aromatic carbocycles. The van der Waals surface area contributed by atoms with E-state index in [9.17, 15) is 0 Å². The van der Waals surface area contributed by atoms with E-state index in [1.165, 1.54) is 0 Å². The molecule has 0 spiro atoms. The molecule has 16 heavy (non-hydrogen) atoms. The van der Waals surface area contributed by atoms with Crippen molar-refractivity contribution in [3.8, 4) is 0 Å². The van der Waals surface area contributed by atoms with Crippen LogP contribution in [-0.2, 0) is 0 Å². The topological polar surface area (TPSA) is 25.2 Å². The lowest BCUT2D eigenvalue weighted by atomic mass is 9.98. The number of furan rings is 1. The highest BCUT2D eigenvalue weighted by atomic mass is 16.3. The first-order chi connectivity index (χ1) is 7.63. The maximum atomic E-state index is 5.39. The van der Waals surface area contributed by atoms with Crippen LogP contribution in [0.15, 0.2) is 42.0 Å². The van der Waals surface area contributed by atoms with Gasteiger partial charge < -0.3 is 9.73 Å². The summed E-state index contributed by atoms with van der Waals surface area (Å²) in [4.78, 5) is 0. The van der Waals surface area contributed by atoms with E-state index in [2.05, 4.69) is 24.5 Å². The number of nitrogens with one attached hydrogen (secondary N) is 1. The molecule has 2 nitrogen and oxygen atoms in total. The molecule has 2 rings (SSSR count). The molecule has 1 aromatic heterocycles. The molecule has 2 heteroatoms. The zero-order chi connectivity index (χ0) is 11.7. The molecule has 0 fully saturated rings. The number of fused-ring (bicyclic) bond motifs is 1. The molecule has 1 N–H and O–H groups in total. The van der Waals surface area contributed by atoms with Crippen LogP contribution in [-0.4, -0.2) is 7.05 Å². The fourth-order valence-corrected chi connectivity index (χ4v) is 1.75. The fourth-order valence-electron chi connectivity index (χ4n) is 1.75. The molecule has 0 saturated heterocycles. The van der Waals surface area contributed by atoms with Crippen LogP contribution < -0.4 is 5.32 Å². The third kappa shape index (κ3) is 1.63. The van der Waals surface area contributed by atoms with E-state index in [0.717, 1.165) is 33.4 Å². The molecule has 0 aliphatic heterocycles. The lowest BCUT2D eigenvalue weighted by Gasteiger charge is -2.11. The highest BCUT2D eigenvalue weighted by Gasteiger charge is 2.09. The normalized spacial score (nSPS) is 10.4. The summed E-state index contributed by atoms with van der Waals surface area (Å²) in [5.41, 5.74) is 4.92. The minimum atomic E-state index is 0.880. The summed E-state index contributed by atoms with van der Waals surface area (Å²) in [6, 6.07) is 6.03. The van der Waals surface area contributed by atoms with E-state index in [4.69, 9.17) is 4.42 Å². The zero-order valence-corrected chi connectivity index (χ0v) is 9.63. The SMILES string of the molecule is C=C(C)c1cc2occc2cc1C(=C)NC. The molecule has 0 saturated carbocycles. The molecule has 1 heterocycles. The van der Waals surface area contributed by atoms with E-state index in [1.807, 2.05) is 26.1 Å². The van der Waals surface area contributed by atoms with Gasteiger partial charge in [0.15, 0.2) is 0 Å². The number of rotatable bonds is 3. The summed E-state index contributed by atoms with van der Waals surface area (Å²) in [6.45, 7) is 9.96. The van der Waals surface area contributed by atoms with Gasteiger partial charge in [0.25, 0.3) is 0 Å². The van der Waals surface area contributed by atoms with Crippen LogP contribution in [0.4, 0.5) is 0 Å².